The Labute approximate surface area is 89.9 Å². The summed E-state index contributed by atoms with van der Waals surface area (Å²) in [6, 6.07) is 8.92. The molecule has 0 fully saturated rings. The SMILES string of the molecule is CCCOCC(O)c1ccc(C#N)cc1. The highest BCUT2D eigenvalue weighted by Gasteiger charge is 2.06. The van der Waals surface area contributed by atoms with E-state index in [-0.39, 0.29) is 0 Å². The Hall–Kier alpha value is -1.37. The number of nitrogens with zero attached hydrogens (tertiary/aromatic N) is 1. The number of aliphatic hydroxyl groups is 1. The van der Waals surface area contributed by atoms with Crippen LogP contribution < -0.4 is 0 Å². The Morgan fingerprint density at radius 1 is 1.40 bits per heavy atom. The molecule has 0 saturated heterocycles. The zero-order chi connectivity index (χ0) is 11.1. The van der Waals surface area contributed by atoms with Crippen LogP contribution in [0, 0.1) is 11.3 Å². The van der Waals surface area contributed by atoms with Crippen molar-refractivity contribution in [3.8, 4) is 6.07 Å². The smallest absolute Gasteiger partial charge is 0.102 e. The summed E-state index contributed by atoms with van der Waals surface area (Å²) in [5.74, 6) is 0. The van der Waals surface area contributed by atoms with Gasteiger partial charge < -0.3 is 9.84 Å². The summed E-state index contributed by atoms with van der Waals surface area (Å²) in [6.07, 6.45) is 0.337. The number of benzene rings is 1. The fourth-order valence-electron chi connectivity index (χ4n) is 1.22. The van der Waals surface area contributed by atoms with Gasteiger partial charge in [0.15, 0.2) is 0 Å². The van der Waals surface area contributed by atoms with Crippen LogP contribution in [0.5, 0.6) is 0 Å². The Morgan fingerprint density at radius 3 is 2.60 bits per heavy atom. The second-order valence-electron chi connectivity index (χ2n) is 3.32. The van der Waals surface area contributed by atoms with Crippen LogP contribution in [0.4, 0.5) is 0 Å². The van der Waals surface area contributed by atoms with Crippen LogP contribution in [0.25, 0.3) is 0 Å². The first kappa shape index (κ1) is 11.7. The van der Waals surface area contributed by atoms with Crippen molar-refractivity contribution >= 4 is 0 Å². The molecule has 1 aromatic rings. The molecule has 0 aromatic heterocycles. The molecule has 1 aromatic carbocycles. The highest BCUT2D eigenvalue weighted by Crippen LogP contribution is 2.13. The average molecular weight is 205 g/mol. The second kappa shape index (κ2) is 6.18. The molecule has 0 aliphatic rings. The summed E-state index contributed by atoms with van der Waals surface area (Å²) in [6.45, 7) is 2.99. The molecule has 0 radical (unpaired) electrons. The van der Waals surface area contributed by atoms with Crippen molar-refractivity contribution in [1.82, 2.24) is 0 Å². The number of rotatable bonds is 5. The van der Waals surface area contributed by atoms with Crippen LogP contribution in [-0.4, -0.2) is 18.3 Å². The van der Waals surface area contributed by atoms with Crippen LogP contribution in [0.1, 0.15) is 30.6 Å². The third-order valence-electron chi connectivity index (χ3n) is 2.05. The van der Waals surface area contributed by atoms with Gasteiger partial charge in [0.2, 0.25) is 0 Å². The van der Waals surface area contributed by atoms with Crippen molar-refractivity contribution in [2.45, 2.75) is 19.4 Å². The molecule has 15 heavy (non-hydrogen) atoms. The first-order valence-corrected chi connectivity index (χ1v) is 5.03. The molecule has 0 saturated carbocycles. The molecule has 0 bridgehead atoms. The van der Waals surface area contributed by atoms with Crippen LogP contribution in [0.2, 0.25) is 0 Å². The van der Waals surface area contributed by atoms with Gasteiger partial charge in [-0.25, -0.2) is 0 Å². The number of nitriles is 1. The van der Waals surface area contributed by atoms with E-state index in [1.54, 1.807) is 24.3 Å². The van der Waals surface area contributed by atoms with E-state index in [1.165, 1.54) is 0 Å². The van der Waals surface area contributed by atoms with E-state index >= 15 is 0 Å². The van der Waals surface area contributed by atoms with Gasteiger partial charge in [-0.2, -0.15) is 5.26 Å². The van der Waals surface area contributed by atoms with E-state index in [1.807, 2.05) is 13.0 Å². The van der Waals surface area contributed by atoms with Crippen molar-refractivity contribution in [2.24, 2.45) is 0 Å². The third kappa shape index (κ3) is 3.70. The van der Waals surface area contributed by atoms with Crippen molar-refractivity contribution in [3.63, 3.8) is 0 Å². The van der Waals surface area contributed by atoms with Gasteiger partial charge in [-0.15, -0.1) is 0 Å². The minimum atomic E-state index is -0.607. The molecule has 0 aliphatic heterocycles. The maximum absolute atomic E-state index is 9.70. The van der Waals surface area contributed by atoms with Crippen molar-refractivity contribution in [1.29, 1.82) is 5.26 Å². The molecule has 3 heteroatoms. The second-order valence-corrected chi connectivity index (χ2v) is 3.32. The summed E-state index contributed by atoms with van der Waals surface area (Å²) in [4.78, 5) is 0. The van der Waals surface area contributed by atoms with Crippen LogP contribution >= 0.6 is 0 Å². The van der Waals surface area contributed by atoms with Crippen LogP contribution in [0.3, 0.4) is 0 Å². The minimum Gasteiger partial charge on any atom is -0.386 e. The van der Waals surface area contributed by atoms with Gasteiger partial charge in [0.25, 0.3) is 0 Å². The third-order valence-corrected chi connectivity index (χ3v) is 2.05. The van der Waals surface area contributed by atoms with Gasteiger partial charge in [-0.3, -0.25) is 0 Å². The molecule has 80 valence electrons. The lowest BCUT2D eigenvalue weighted by molar-refractivity contribution is 0.0364. The Bertz CT molecular complexity index is 326. The lowest BCUT2D eigenvalue weighted by Crippen LogP contribution is -2.07. The summed E-state index contributed by atoms with van der Waals surface area (Å²) < 4.78 is 5.24. The summed E-state index contributed by atoms with van der Waals surface area (Å²) in [7, 11) is 0. The molecule has 0 amide bonds. The maximum Gasteiger partial charge on any atom is 0.102 e. The first-order chi connectivity index (χ1) is 7.27. The van der Waals surface area contributed by atoms with E-state index in [4.69, 9.17) is 10.00 Å². The van der Waals surface area contributed by atoms with Crippen molar-refractivity contribution < 1.29 is 9.84 Å². The standard InChI is InChI=1S/C12H15NO2/c1-2-7-15-9-12(14)11-5-3-10(8-13)4-6-11/h3-6,12,14H,2,7,9H2,1H3. The number of hydrogen-bond donors (Lipinski definition) is 1. The number of hydrogen-bond acceptors (Lipinski definition) is 3. The minimum absolute atomic E-state index is 0.305. The monoisotopic (exact) mass is 205 g/mol. The molecule has 3 nitrogen and oxygen atoms in total. The molecular formula is C12H15NO2. The zero-order valence-corrected chi connectivity index (χ0v) is 8.81. The average Bonchev–Trinajstić information content (AvgIpc) is 2.29. The molecule has 1 atom stereocenters. The van der Waals surface area contributed by atoms with Crippen LogP contribution in [-0.2, 0) is 4.74 Å². The Kier molecular flexibility index (Phi) is 4.82. The lowest BCUT2D eigenvalue weighted by Gasteiger charge is -2.10. The highest BCUT2D eigenvalue weighted by atomic mass is 16.5. The van der Waals surface area contributed by atoms with Gasteiger partial charge in [0, 0.05) is 6.61 Å². The van der Waals surface area contributed by atoms with E-state index in [2.05, 4.69) is 0 Å². The van der Waals surface area contributed by atoms with E-state index in [9.17, 15) is 5.11 Å². The van der Waals surface area contributed by atoms with Gasteiger partial charge in [-0.05, 0) is 24.1 Å². The van der Waals surface area contributed by atoms with Gasteiger partial charge >= 0.3 is 0 Å². The summed E-state index contributed by atoms with van der Waals surface area (Å²) >= 11 is 0. The van der Waals surface area contributed by atoms with Crippen LogP contribution in [0.15, 0.2) is 24.3 Å². The molecule has 0 spiro atoms. The Morgan fingerprint density at radius 2 is 2.07 bits per heavy atom. The molecule has 1 rings (SSSR count). The fraction of sp³-hybridized carbons (Fsp3) is 0.417. The summed E-state index contributed by atoms with van der Waals surface area (Å²) in [5, 5.41) is 18.3. The molecule has 1 unspecified atom stereocenters. The number of ether oxygens (including phenoxy) is 1. The fourth-order valence-corrected chi connectivity index (χ4v) is 1.22. The Balaban J connectivity index is 2.51. The summed E-state index contributed by atoms with van der Waals surface area (Å²) in [5.41, 5.74) is 1.38. The highest BCUT2D eigenvalue weighted by molar-refractivity contribution is 5.32. The molecule has 0 aliphatic carbocycles. The van der Waals surface area contributed by atoms with E-state index < -0.39 is 6.10 Å². The number of aliphatic hydroxyl groups excluding tert-OH is 1. The lowest BCUT2D eigenvalue weighted by atomic mass is 10.1. The molecule has 0 heterocycles. The van der Waals surface area contributed by atoms with E-state index in [0.717, 1.165) is 12.0 Å². The van der Waals surface area contributed by atoms with Gasteiger partial charge in [0.1, 0.15) is 6.10 Å². The van der Waals surface area contributed by atoms with Gasteiger partial charge in [-0.1, -0.05) is 19.1 Å². The van der Waals surface area contributed by atoms with Crippen molar-refractivity contribution in [2.75, 3.05) is 13.2 Å². The van der Waals surface area contributed by atoms with Gasteiger partial charge in [0.05, 0.1) is 18.2 Å². The largest absolute Gasteiger partial charge is 0.386 e. The van der Waals surface area contributed by atoms with E-state index in [0.29, 0.717) is 18.8 Å². The quantitative estimate of drug-likeness (QED) is 0.748. The topological polar surface area (TPSA) is 53.2 Å². The molecule has 1 N–H and O–H groups in total. The zero-order valence-electron chi connectivity index (χ0n) is 8.81. The predicted octanol–water partition coefficient (Wildman–Crippen LogP) is 2.02. The normalized spacial score (nSPS) is 12.1. The maximum atomic E-state index is 9.70. The van der Waals surface area contributed by atoms with Crippen molar-refractivity contribution in [3.05, 3.63) is 35.4 Å². The predicted molar refractivity (Wildman–Crippen MR) is 57.2 cm³/mol. The first-order valence-electron chi connectivity index (χ1n) is 5.03. The molecular weight excluding hydrogens is 190 g/mol.